The Morgan fingerprint density at radius 2 is 2.04 bits per heavy atom. The first-order valence-corrected chi connectivity index (χ1v) is 7.78. The maximum absolute atomic E-state index is 14.1. The maximum atomic E-state index is 14.1. The Balaban J connectivity index is 2.16. The van der Waals surface area contributed by atoms with Crippen LogP contribution in [0.3, 0.4) is 0 Å². The molecular weight excluding hydrogens is 315 g/mol. The van der Waals surface area contributed by atoms with Crippen molar-refractivity contribution < 1.29 is 23.5 Å². The molecule has 0 aliphatic carbocycles. The summed E-state index contributed by atoms with van der Waals surface area (Å²) in [4.78, 5) is 27.9. The van der Waals surface area contributed by atoms with Gasteiger partial charge in [-0.15, -0.1) is 0 Å². The van der Waals surface area contributed by atoms with Crippen LogP contribution in [0.25, 0.3) is 0 Å². The van der Waals surface area contributed by atoms with Crippen LogP contribution in [0.15, 0.2) is 29.3 Å². The lowest BCUT2D eigenvalue weighted by atomic mass is 9.88. The number of amides is 2. The van der Waals surface area contributed by atoms with E-state index in [1.54, 1.807) is 19.1 Å². The summed E-state index contributed by atoms with van der Waals surface area (Å²) < 4.78 is 24.6. The van der Waals surface area contributed by atoms with Crippen molar-refractivity contribution in [2.24, 2.45) is 10.9 Å². The maximum Gasteiger partial charge on any atom is 0.341 e. The summed E-state index contributed by atoms with van der Waals surface area (Å²) >= 11 is 0. The Morgan fingerprint density at radius 1 is 1.33 bits per heavy atom. The molecule has 0 saturated carbocycles. The fourth-order valence-electron chi connectivity index (χ4n) is 2.53. The van der Waals surface area contributed by atoms with Crippen LogP contribution in [0.1, 0.15) is 32.4 Å². The number of carbonyl (C=O) groups is 2. The third kappa shape index (κ3) is 4.38. The van der Waals surface area contributed by atoms with E-state index in [1.165, 1.54) is 12.1 Å². The van der Waals surface area contributed by atoms with Crippen LogP contribution in [0, 0.1) is 11.7 Å². The lowest BCUT2D eigenvalue weighted by molar-refractivity contribution is -0.149. The number of nitrogens with one attached hydrogen (secondary N) is 1. The Morgan fingerprint density at radius 3 is 2.71 bits per heavy atom. The molecule has 0 fully saturated rings. The van der Waals surface area contributed by atoms with Gasteiger partial charge in [0.15, 0.2) is 0 Å². The molecule has 1 aromatic rings. The standard InChI is InChI=1S/C17H21FN2O4/c1-10(2)23-8-9-24-16(21)14-11(3)19-17(22)20-15(14)12-6-4-5-7-13(12)18/h4-7,10,14-15H,8-9H2,1-3H3,(H,20,22). The van der Waals surface area contributed by atoms with Crippen molar-refractivity contribution in [3.05, 3.63) is 35.6 Å². The fourth-order valence-corrected chi connectivity index (χ4v) is 2.53. The van der Waals surface area contributed by atoms with Gasteiger partial charge >= 0.3 is 12.0 Å². The molecule has 2 unspecified atom stereocenters. The second-order valence-corrected chi connectivity index (χ2v) is 5.77. The number of aliphatic imine (C=N–C) groups is 1. The Kier molecular flexibility index (Phi) is 6.03. The number of nitrogens with zero attached hydrogens (tertiary/aromatic N) is 1. The monoisotopic (exact) mass is 336 g/mol. The van der Waals surface area contributed by atoms with E-state index in [0.29, 0.717) is 5.71 Å². The molecule has 0 radical (unpaired) electrons. The largest absolute Gasteiger partial charge is 0.463 e. The lowest BCUT2D eigenvalue weighted by Gasteiger charge is -2.29. The van der Waals surface area contributed by atoms with Gasteiger partial charge in [0.1, 0.15) is 18.3 Å². The van der Waals surface area contributed by atoms with E-state index in [-0.39, 0.29) is 24.9 Å². The lowest BCUT2D eigenvalue weighted by Crippen LogP contribution is -2.44. The molecule has 2 amide bonds. The average Bonchev–Trinajstić information content (AvgIpc) is 2.51. The number of carbonyl (C=O) groups excluding carboxylic acids is 2. The normalized spacial score (nSPS) is 20.5. The summed E-state index contributed by atoms with van der Waals surface area (Å²) in [5, 5.41) is 2.55. The minimum Gasteiger partial charge on any atom is -0.463 e. The number of benzene rings is 1. The summed E-state index contributed by atoms with van der Waals surface area (Å²) in [5.74, 6) is -1.95. The molecule has 0 spiro atoms. The third-order valence-electron chi connectivity index (χ3n) is 3.61. The van der Waals surface area contributed by atoms with Crippen LogP contribution in [-0.2, 0) is 14.3 Å². The molecule has 0 saturated heterocycles. The molecule has 1 aliphatic rings. The zero-order valence-electron chi connectivity index (χ0n) is 13.9. The second-order valence-electron chi connectivity index (χ2n) is 5.77. The summed E-state index contributed by atoms with van der Waals surface area (Å²) in [6.07, 6.45) is 0.0344. The first kappa shape index (κ1) is 18.1. The van der Waals surface area contributed by atoms with Crippen molar-refractivity contribution in [1.29, 1.82) is 0 Å². The summed E-state index contributed by atoms with van der Waals surface area (Å²) in [7, 11) is 0. The van der Waals surface area contributed by atoms with Crippen molar-refractivity contribution >= 4 is 17.7 Å². The topological polar surface area (TPSA) is 77.0 Å². The zero-order valence-corrected chi connectivity index (χ0v) is 13.9. The zero-order chi connectivity index (χ0) is 17.7. The van der Waals surface area contributed by atoms with E-state index < -0.39 is 29.8 Å². The average molecular weight is 336 g/mol. The number of ether oxygens (including phenoxy) is 2. The highest BCUT2D eigenvalue weighted by Gasteiger charge is 2.39. The van der Waals surface area contributed by atoms with Gasteiger partial charge in [-0.1, -0.05) is 18.2 Å². The van der Waals surface area contributed by atoms with Gasteiger partial charge in [0.2, 0.25) is 0 Å². The van der Waals surface area contributed by atoms with E-state index in [1.807, 2.05) is 13.8 Å². The number of urea groups is 1. The van der Waals surface area contributed by atoms with Gasteiger partial charge in [0, 0.05) is 11.3 Å². The molecule has 1 heterocycles. The molecule has 7 heteroatoms. The van der Waals surface area contributed by atoms with E-state index >= 15 is 0 Å². The SMILES string of the molecule is CC1=NC(=O)NC(c2ccccc2F)C1C(=O)OCCOC(C)C. The third-order valence-corrected chi connectivity index (χ3v) is 3.61. The van der Waals surface area contributed by atoms with E-state index in [2.05, 4.69) is 10.3 Å². The summed E-state index contributed by atoms with van der Waals surface area (Å²) in [6.45, 7) is 5.66. The van der Waals surface area contributed by atoms with Gasteiger partial charge in [-0.25, -0.2) is 14.2 Å². The van der Waals surface area contributed by atoms with E-state index in [0.717, 1.165) is 0 Å². The van der Waals surface area contributed by atoms with Crippen LogP contribution < -0.4 is 5.32 Å². The molecule has 2 rings (SSSR count). The van der Waals surface area contributed by atoms with Gasteiger partial charge in [0.05, 0.1) is 18.8 Å². The van der Waals surface area contributed by atoms with E-state index in [9.17, 15) is 14.0 Å². The first-order valence-electron chi connectivity index (χ1n) is 7.78. The van der Waals surface area contributed by atoms with Crippen LogP contribution >= 0.6 is 0 Å². The van der Waals surface area contributed by atoms with Gasteiger partial charge in [-0.3, -0.25) is 4.79 Å². The van der Waals surface area contributed by atoms with Crippen molar-refractivity contribution in [3.8, 4) is 0 Å². The molecule has 1 N–H and O–H groups in total. The van der Waals surface area contributed by atoms with Crippen LogP contribution in [0.5, 0.6) is 0 Å². The fraction of sp³-hybridized carbons (Fsp3) is 0.471. The molecule has 6 nitrogen and oxygen atoms in total. The minimum absolute atomic E-state index is 0.0344. The highest BCUT2D eigenvalue weighted by Crippen LogP contribution is 2.29. The van der Waals surface area contributed by atoms with E-state index in [4.69, 9.17) is 9.47 Å². The van der Waals surface area contributed by atoms with Crippen molar-refractivity contribution in [2.45, 2.75) is 32.9 Å². The molecule has 1 aromatic carbocycles. The first-order chi connectivity index (χ1) is 11.4. The Bertz CT molecular complexity index is 645. The molecular formula is C17H21FN2O4. The van der Waals surface area contributed by atoms with Gasteiger partial charge in [-0.2, -0.15) is 0 Å². The number of rotatable bonds is 6. The number of halogens is 1. The van der Waals surface area contributed by atoms with Crippen LogP contribution in [0.2, 0.25) is 0 Å². The quantitative estimate of drug-likeness (QED) is 0.640. The van der Waals surface area contributed by atoms with Crippen LogP contribution in [-0.4, -0.2) is 37.0 Å². The minimum atomic E-state index is -0.876. The van der Waals surface area contributed by atoms with Gasteiger partial charge in [0.25, 0.3) is 0 Å². The predicted molar refractivity (Wildman–Crippen MR) is 86.3 cm³/mol. The number of hydrogen-bond donors (Lipinski definition) is 1. The van der Waals surface area contributed by atoms with Crippen molar-refractivity contribution in [1.82, 2.24) is 5.32 Å². The number of esters is 1. The second kappa shape index (κ2) is 8.01. The summed E-state index contributed by atoms with van der Waals surface area (Å²) in [6, 6.07) is 4.54. The molecule has 130 valence electrons. The highest BCUT2D eigenvalue weighted by atomic mass is 19.1. The molecule has 0 bridgehead atoms. The molecule has 24 heavy (non-hydrogen) atoms. The Hall–Kier alpha value is -2.28. The van der Waals surface area contributed by atoms with Gasteiger partial charge < -0.3 is 14.8 Å². The predicted octanol–water partition coefficient (Wildman–Crippen LogP) is 2.64. The van der Waals surface area contributed by atoms with Crippen molar-refractivity contribution in [3.63, 3.8) is 0 Å². The van der Waals surface area contributed by atoms with Crippen LogP contribution in [0.4, 0.5) is 9.18 Å². The smallest absolute Gasteiger partial charge is 0.341 e. The van der Waals surface area contributed by atoms with Crippen molar-refractivity contribution in [2.75, 3.05) is 13.2 Å². The molecule has 2 atom stereocenters. The summed E-state index contributed by atoms with van der Waals surface area (Å²) in [5.41, 5.74) is 0.516. The molecule has 0 aromatic heterocycles. The number of hydrogen-bond acceptors (Lipinski definition) is 4. The van der Waals surface area contributed by atoms with Gasteiger partial charge in [-0.05, 0) is 26.8 Å². The highest BCUT2D eigenvalue weighted by molar-refractivity contribution is 6.08. The molecule has 1 aliphatic heterocycles. The Labute approximate surface area is 140 Å².